The Labute approximate surface area is 131 Å². The molecule has 2 unspecified atom stereocenters. The average molecular weight is 301 g/mol. The maximum atomic E-state index is 3.87. The first-order valence-corrected chi connectivity index (χ1v) is 9.73. The van der Waals surface area contributed by atoms with Gasteiger partial charge in [-0.3, -0.25) is 4.90 Å². The Morgan fingerprint density at radius 2 is 1.85 bits per heavy atom. The topological polar surface area (TPSA) is 15.3 Å². The van der Waals surface area contributed by atoms with Gasteiger partial charge < -0.3 is 5.32 Å². The molecule has 1 aliphatic rings. The van der Waals surface area contributed by atoms with Gasteiger partial charge >= 0.3 is 0 Å². The minimum Gasteiger partial charge on any atom is -0.308 e. The van der Waals surface area contributed by atoms with Gasteiger partial charge in [-0.05, 0) is 43.6 Å². The zero-order valence-corrected chi connectivity index (χ0v) is 15.4. The summed E-state index contributed by atoms with van der Waals surface area (Å²) in [5.74, 6) is 3.28. The van der Waals surface area contributed by atoms with Crippen molar-refractivity contribution in [2.45, 2.75) is 78.4 Å². The molecule has 1 rings (SSSR count). The van der Waals surface area contributed by atoms with Crippen molar-refractivity contribution in [3.63, 3.8) is 0 Å². The third-order valence-electron chi connectivity index (χ3n) is 5.17. The quantitative estimate of drug-likeness (QED) is 0.682. The molecule has 0 saturated carbocycles. The van der Waals surface area contributed by atoms with Crippen molar-refractivity contribution >= 4 is 11.8 Å². The second-order valence-corrected chi connectivity index (χ2v) is 8.08. The van der Waals surface area contributed by atoms with Gasteiger partial charge in [0.25, 0.3) is 0 Å². The van der Waals surface area contributed by atoms with E-state index in [1.54, 1.807) is 0 Å². The summed E-state index contributed by atoms with van der Waals surface area (Å²) in [6.07, 6.45) is 3.80. The molecule has 0 aromatic heterocycles. The molecule has 0 aromatic carbocycles. The first-order valence-electron chi connectivity index (χ1n) is 8.58. The third-order valence-corrected chi connectivity index (χ3v) is 6.10. The number of nitrogens with zero attached hydrogens (tertiary/aromatic N) is 1. The van der Waals surface area contributed by atoms with E-state index in [0.29, 0.717) is 17.6 Å². The van der Waals surface area contributed by atoms with Crippen LogP contribution in [0.2, 0.25) is 0 Å². The SMILES string of the molecule is CCSCCC(C)N1CC(CC)(CC)NCC1C(C)C. The predicted molar refractivity (Wildman–Crippen MR) is 93.7 cm³/mol. The molecule has 2 atom stereocenters. The zero-order valence-electron chi connectivity index (χ0n) is 14.5. The summed E-state index contributed by atoms with van der Waals surface area (Å²) in [5, 5.41) is 3.87. The fourth-order valence-electron chi connectivity index (χ4n) is 3.35. The Morgan fingerprint density at radius 1 is 1.20 bits per heavy atom. The normalized spacial score (nSPS) is 25.1. The minimum absolute atomic E-state index is 0.345. The highest BCUT2D eigenvalue weighted by atomic mass is 32.2. The first kappa shape index (κ1) is 18.3. The molecule has 1 heterocycles. The molecule has 0 radical (unpaired) electrons. The van der Waals surface area contributed by atoms with E-state index in [4.69, 9.17) is 0 Å². The number of piperazine rings is 1. The molecule has 2 nitrogen and oxygen atoms in total. The molecule has 1 fully saturated rings. The van der Waals surface area contributed by atoms with Crippen LogP contribution >= 0.6 is 11.8 Å². The molecule has 0 bridgehead atoms. The van der Waals surface area contributed by atoms with Crippen LogP contribution in [0.4, 0.5) is 0 Å². The monoisotopic (exact) mass is 300 g/mol. The van der Waals surface area contributed by atoms with E-state index in [-0.39, 0.29) is 0 Å². The fourth-order valence-corrected chi connectivity index (χ4v) is 4.15. The molecule has 1 saturated heterocycles. The lowest BCUT2D eigenvalue weighted by atomic mass is 9.85. The average Bonchev–Trinajstić information content (AvgIpc) is 2.46. The highest BCUT2D eigenvalue weighted by molar-refractivity contribution is 7.99. The van der Waals surface area contributed by atoms with Crippen LogP contribution < -0.4 is 5.32 Å². The molecule has 0 aliphatic carbocycles. The Hall–Kier alpha value is 0.270. The van der Waals surface area contributed by atoms with Gasteiger partial charge in [-0.2, -0.15) is 11.8 Å². The number of thioether (sulfide) groups is 1. The largest absolute Gasteiger partial charge is 0.308 e. The highest BCUT2D eigenvalue weighted by Crippen LogP contribution is 2.28. The van der Waals surface area contributed by atoms with Crippen molar-refractivity contribution in [3.8, 4) is 0 Å². The van der Waals surface area contributed by atoms with Crippen LogP contribution in [0.1, 0.15) is 60.8 Å². The Morgan fingerprint density at radius 3 is 2.35 bits per heavy atom. The lowest BCUT2D eigenvalue weighted by Gasteiger charge is -2.51. The maximum absolute atomic E-state index is 3.87. The number of nitrogens with one attached hydrogen (secondary N) is 1. The van der Waals surface area contributed by atoms with E-state index in [2.05, 4.69) is 63.5 Å². The van der Waals surface area contributed by atoms with Crippen LogP contribution in [0.3, 0.4) is 0 Å². The van der Waals surface area contributed by atoms with Gasteiger partial charge in [-0.15, -0.1) is 0 Å². The van der Waals surface area contributed by atoms with Crippen LogP contribution in [-0.4, -0.2) is 47.1 Å². The lowest BCUT2D eigenvalue weighted by Crippen LogP contribution is -2.66. The molecule has 120 valence electrons. The summed E-state index contributed by atoms with van der Waals surface area (Å²) in [6, 6.07) is 1.41. The van der Waals surface area contributed by atoms with E-state index in [1.165, 1.54) is 37.3 Å². The van der Waals surface area contributed by atoms with Crippen LogP contribution in [0.5, 0.6) is 0 Å². The predicted octanol–water partition coefficient (Wildman–Crippen LogP) is 4.01. The number of hydrogen-bond acceptors (Lipinski definition) is 3. The molecule has 3 heteroatoms. The van der Waals surface area contributed by atoms with Crippen molar-refractivity contribution < 1.29 is 0 Å². The summed E-state index contributed by atoms with van der Waals surface area (Å²) in [7, 11) is 0. The molecule has 20 heavy (non-hydrogen) atoms. The smallest absolute Gasteiger partial charge is 0.0304 e. The molecule has 0 amide bonds. The van der Waals surface area contributed by atoms with E-state index in [9.17, 15) is 0 Å². The first-order chi connectivity index (χ1) is 9.49. The molecule has 1 N–H and O–H groups in total. The van der Waals surface area contributed by atoms with Gasteiger partial charge in [-0.25, -0.2) is 0 Å². The standard InChI is InChI=1S/C17H36N2S/c1-7-17(8-2)13-19(15(6)10-11-20-9-3)16(12-18-17)14(4)5/h14-16,18H,7-13H2,1-6H3. The lowest BCUT2D eigenvalue weighted by molar-refractivity contribution is 0.0213. The number of rotatable bonds is 8. The van der Waals surface area contributed by atoms with Gasteiger partial charge in [0.2, 0.25) is 0 Å². The van der Waals surface area contributed by atoms with E-state index in [0.717, 1.165) is 12.5 Å². The van der Waals surface area contributed by atoms with E-state index in [1.807, 2.05) is 0 Å². The van der Waals surface area contributed by atoms with Crippen LogP contribution in [-0.2, 0) is 0 Å². The molecule has 0 aromatic rings. The zero-order chi connectivity index (χ0) is 15.2. The van der Waals surface area contributed by atoms with Gasteiger partial charge in [0.05, 0.1) is 0 Å². The summed E-state index contributed by atoms with van der Waals surface area (Å²) in [6.45, 7) is 16.5. The molecular weight excluding hydrogens is 264 g/mol. The van der Waals surface area contributed by atoms with Crippen molar-refractivity contribution in [1.82, 2.24) is 10.2 Å². The molecule has 0 spiro atoms. The van der Waals surface area contributed by atoms with Crippen LogP contribution in [0.15, 0.2) is 0 Å². The van der Waals surface area contributed by atoms with E-state index < -0.39 is 0 Å². The van der Waals surface area contributed by atoms with Crippen molar-refractivity contribution in [3.05, 3.63) is 0 Å². The second-order valence-electron chi connectivity index (χ2n) is 6.69. The van der Waals surface area contributed by atoms with Crippen LogP contribution in [0.25, 0.3) is 0 Å². The minimum atomic E-state index is 0.345. The summed E-state index contributed by atoms with van der Waals surface area (Å²) in [5.41, 5.74) is 0.345. The maximum Gasteiger partial charge on any atom is 0.0304 e. The van der Waals surface area contributed by atoms with Crippen LogP contribution in [0, 0.1) is 5.92 Å². The van der Waals surface area contributed by atoms with E-state index >= 15 is 0 Å². The summed E-state index contributed by atoms with van der Waals surface area (Å²) in [4.78, 5) is 2.81. The highest BCUT2D eigenvalue weighted by Gasteiger charge is 2.39. The van der Waals surface area contributed by atoms with Crippen molar-refractivity contribution in [2.24, 2.45) is 5.92 Å². The number of hydrogen-bond donors (Lipinski definition) is 1. The Balaban J connectivity index is 2.72. The van der Waals surface area contributed by atoms with Gasteiger partial charge in [0, 0.05) is 30.7 Å². The fraction of sp³-hybridized carbons (Fsp3) is 1.00. The van der Waals surface area contributed by atoms with Gasteiger partial charge in [0.15, 0.2) is 0 Å². The van der Waals surface area contributed by atoms with Crippen molar-refractivity contribution in [2.75, 3.05) is 24.6 Å². The third kappa shape index (κ3) is 4.64. The summed E-state index contributed by atoms with van der Waals surface area (Å²) >= 11 is 2.08. The van der Waals surface area contributed by atoms with Gasteiger partial charge in [0.1, 0.15) is 0 Å². The Bertz CT molecular complexity index is 264. The molecule has 1 aliphatic heterocycles. The second kappa shape index (κ2) is 8.65. The molecular formula is C17H36N2S. The summed E-state index contributed by atoms with van der Waals surface area (Å²) < 4.78 is 0. The Kier molecular flexibility index (Phi) is 7.92. The van der Waals surface area contributed by atoms with Gasteiger partial charge in [-0.1, -0.05) is 34.6 Å². The van der Waals surface area contributed by atoms with Crippen molar-refractivity contribution in [1.29, 1.82) is 0 Å².